The highest BCUT2D eigenvalue weighted by Gasteiger charge is 2.28. The van der Waals surface area contributed by atoms with Gasteiger partial charge in [-0.15, -0.1) is 0 Å². The van der Waals surface area contributed by atoms with E-state index in [1.165, 1.54) is 18.7 Å². The molecule has 1 saturated carbocycles. The normalized spacial score (nSPS) is 30.0. The van der Waals surface area contributed by atoms with Crippen molar-refractivity contribution in [2.24, 2.45) is 11.7 Å². The van der Waals surface area contributed by atoms with Gasteiger partial charge in [-0.05, 0) is 24.7 Å². The van der Waals surface area contributed by atoms with Crippen LogP contribution in [0.5, 0.6) is 0 Å². The molecule has 3 aromatic rings. The first kappa shape index (κ1) is 8.41. The Morgan fingerprint density at radius 2 is 2.29 bits per heavy atom. The molecule has 0 aromatic carbocycles. The third-order valence-corrected chi connectivity index (χ3v) is 3.88. The summed E-state index contributed by atoms with van der Waals surface area (Å²) in [7, 11) is 0. The summed E-state index contributed by atoms with van der Waals surface area (Å²) >= 11 is 0. The number of hydrogen-bond acceptors (Lipinski definition) is 4. The van der Waals surface area contributed by atoms with E-state index in [4.69, 9.17) is 16.7 Å². The van der Waals surface area contributed by atoms with Gasteiger partial charge in [0, 0.05) is 40.7 Å². The van der Waals surface area contributed by atoms with Crippen LogP contribution in [0.15, 0.2) is 31.0 Å². The van der Waals surface area contributed by atoms with Crippen LogP contribution >= 0.6 is 0 Å². The highest BCUT2D eigenvalue weighted by atomic mass is 16.1. The van der Waals surface area contributed by atoms with Gasteiger partial charge in [0.15, 0.2) is 0 Å². The van der Waals surface area contributed by atoms with Crippen LogP contribution in [0, 0.1) is 5.92 Å². The second kappa shape index (κ2) is 6.07. The zero-order chi connectivity index (χ0) is 23.7. The fraction of sp³-hybridized carbons (Fsp3) is 0.412. The average molecular weight is 332 g/mol. The van der Waals surface area contributed by atoms with Gasteiger partial charge in [0.25, 0.3) is 0 Å². The molecule has 3 N–H and O–H groups in total. The molecule has 1 fully saturated rings. The minimum atomic E-state index is -3.18. The van der Waals surface area contributed by atoms with Gasteiger partial charge in [-0.3, -0.25) is 9.48 Å². The Morgan fingerprint density at radius 1 is 1.46 bits per heavy atom. The molecule has 1 atom stereocenters. The third-order valence-electron chi connectivity index (χ3n) is 3.88. The number of carbonyl (C=O) groups excluding carboxylic acids is 1. The van der Waals surface area contributed by atoms with E-state index >= 15 is 0 Å². The van der Waals surface area contributed by atoms with E-state index in [1.54, 1.807) is 12.3 Å². The smallest absolute Gasteiger partial charge is 0.219 e. The van der Waals surface area contributed by atoms with Gasteiger partial charge in [0.1, 0.15) is 12.0 Å². The second-order valence-electron chi connectivity index (χ2n) is 5.43. The Kier molecular flexibility index (Phi) is 2.13. The topological polar surface area (TPSA) is 102 Å². The van der Waals surface area contributed by atoms with Crippen molar-refractivity contribution >= 4 is 16.9 Å². The summed E-state index contributed by atoms with van der Waals surface area (Å²) in [6.45, 7) is 0. The minimum absolute atomic E-state index is 0.469. The Balaban J connectivity index is 1.84. The largest absolute Gasteiger partial charge is 0.370 e. The Morgan fingerprint density at radius 3 is 3.08 bits per heavy atom. The van der Waals surface area contributed by atoms with E-state index in [-0.39, 0.29) is 0 Å². The molecule has 4 rings (SSSR count). The van der Waals surface area contributed by atoms with Crippen LogP contribution in [0.2, 0.25) is 0 Å². The van der Waals surface area contributed by atoms with E-state index in [2.05, 4.69) is 20.1 Å². The van der Waals surface area contributed by atoms with E-state index in [9.17, 15) is 4.79 Å². The Labute approximate surface area is 150 Å². The zero-order valence-corrected chi connectivity index (χ0v) is 12.5. The SMILES string of the molecule is [2H]C1([2H])C([C@@H](CC(N)=O)n2cc(-c3ncnc4[nH]ccc34)cn2)C([2H])([2H])C([2H])([2H])C1([2H])[2H]. The van der Waals surface area contributed by atoms with Crippen LogP contribution in [-0.2, 0) is 4.79 Å². The number of aromatic amines is 1. The number of fused-ring (bicyclic) bond motifs is 1. The molecule has 3 aromatic heterocycles. The molecule has 24 heavy (non-hydrogen) atoms. The van der Waals surface area contributed by atoms with Gasteiger partial charge in [-0.1, -0.05) is 12.7 Å². The first-order valence-corrected chi connectivity index (χ1v) is 7.34. The molecule has 7 nitrogen and oxygen atoms in total. The summed E-state index contributed by atoms with van der Waals surface area (Å²) in [4.78, 5) is 23.1. The number of carbonyl (C=O) groups is 1. The highest BCUT2D eigenvalue weighted by Crippen LogP contribution is 2.36. The van der Waals surface area contributed by atoms with Crippen molar-refractivity contribution in [3.05, 3.63) is 31.0 Å². The number of amides is 1. The Bertz CT molecular complexity index is 1160. The number of nitrogens with two attached hydrogens (primary N) is 1. The molecule has 1 amide bonds. The maximum Gasteiger partial charge on any atom is 0.219 e. The van der Waals surface area contributed by atoms with Crippen molar-refractivity contribution < 1.29 is 15.8 Å². The molecule has 0 aliphatic heterocycles. The van der Waals surface area contributed by atoms with Crippen LogP contribution in [-0.4, -0.2) is 30.6 Å². The summed E-state index contributed by atoms with van der Waals surface area (Å²) in [5.74, 6) is -2.79. The lowest BCUT2D eigenvalue weighted by atomic mass is 9.95. The summed E-state index contributed by atoms with van der Waals surface area (Å²) in [5.41, 5.74) is 6.88. The zero-order valence-electron chi connectivity index (χ0n) is 20.5. The molecule has 7 heteroatoms. The predicted octanol–water partition coefficient (Wildman–Crippen LogP) is 2.43. The van der Waals surface area contributed by atoms with Gasteiger partial charge < -0.3 is 10.7 Å². The Hall–Kier alpha value is -2.70. The number of hydrogen-bond donors (Lipinski definition) is 2. The summed E-state index contributed by atoms with van der Waals surface area (Å²) < 4.78 is 66.6. The first-order valence-electron chi connectivity index (χ1n) is 11.3. The lowest BCUT2D eigenvalue weighted by Crippen LogP contribution is -2.24. The second-order valence-corrected chi connectivity index (χ2v) is 5.43. The van der Waals surface area contributed by atoms with E-state index in [1.807, 2.05) is 0 Å². The number of nitrogens with zero attached hydrogens (tertiary/aromatic N) is 4. The van der Waals surface area contributed by atoms with Crippen LogP contribution in [0.3, 0.4) is 0 Å². The lowest BCUT2D eigenvalue weighted by molar-refractivity contribution is -0.119. The molecule has 124 valence electrons. The van der Waals surface area contributed by atoms with Gasteiger partial charge >= 0.3 is 0 Å². The van der Waals surface area contributed by atoms with Crippen LogP contribution in [0.1, 0.15) is 48.9 Å². The first-order chi connectivity index (χ1) is 14.7. The maximum absolute atomic E-state index is 11.8. The molecule has 1 aliphatic carbocycles. The molecular formula is C17H20N6O. The van der Waals surface area contributed by atoms with Crippen molar-refractivity contribution in [3.63, 3.8) is 0 Å². The van der Waals surface area contributed by atoms with E-state index < -0.39 is 49.8 Å². The molecular weight excluding hydrogens is 304 g/mol. The van der Waals surface area contributed by atoms with E-state index in [0.29, 0.717) is 22.3 Å². The number of H-pyrrole nitrogens is 1. The maximum atomic E-state index is 11.8. The van der Waals surface area contributed by atoms with Crippen molar-refractivity contribution in [2.45, 2.75) is 38.0 Å². The molecule has 0 spiro atoms. The van der Waals surface area contributed by atoms with Crippen LogP contribution < -0.4 is 5.73 Å². The van der Waals surface area contributed by atoms with Crippen molar-refractivity contribution in [3.8, 4) is 11.3 Å². The number of nitrogens with one attached hydrogen (secondary N) is 1. The van der Waals surface area contributed by atoms with Gasteiger partial charge in [0.2, 0.25) is 5.91 Å². The number of aromatic nitrogens is 5. The quantitative estimate of drug-likeness (QED) is 0.749. The molecule has 0 saturated heterocycles. The van der Waals surface area contributed by atoms with E-state index in [0.717, 1.165) is 4.68 Å². The molecule has 3 heterocycles. The highest BCUT2D eigenvalue weighted by molar-refractivity contribution is 5.90. The number of primary amides is 1. The van der Waals surface area contributed by atoms with Gasteiger partial charge in [-0.25, -0.2) is 9.97 Å². The summed E-state index contributed by atoms with van der Waals surface area (Å²) in [5, 5.41) is 4.85. The van der Waals surface area contributed by atoms with Crippen molar-refractivity contribution in [1.82, 2.24) is 24.7 Å². The predicted molar refractivity (Wildman–Crippen MR) is 89.9 cm³/mol. The average Bonchev–Trinajstić information content (AvgIpc) is 3.36. The minimum Gasteiger partial charge on any atom is -0.370 e. The summed E-state index contributed by atoms with van der Waals surface area (Å²) in [6.07, 6.45) is -7.04. The molecule has 0 bridgehead atoms. The number of rotatable bonds is 5. The summed E-state index contributed by atoms with van der Waals surface area (Å²) in [6, 6.07) is 0.364. The molecule has 0 unspecified atom stereocenters. The lowest BCUT2D eigenvalue weighted by Gasteiger charge is -2.22. The fourth-order valence-electron chi connectivity index (χ4n) is 2.77. The van der Waals surface area contributed by atoms with Gasteiger partial charge in [-0.2, -0.15) is 5.10 Å². The third kappa shape index (κ3) is 2.66. The monoisotopic (exact) mass is 332 g/mol. The van der Waals surface area contributed by atoms with Crippen molar-refractivity contribution in [2.75, 3.05) is 0 Å². The van der Waals surface area contributed by atoms with Crippen molar-refractivity contribution in [1.29, 1.82) is 0 Å². The molecule has 1 aliphatic rings. The standard InChI is InChI=1S/C17H20N6O/c18-15(24)7-14(11-3-1-2-4-11)23-9-12(8-22-23)16-13-5-6-19-17(13)21-10-20-16/h5-6,8-11,14H,1-4,7H2,(H2,18,24)(H,19,20,21)/t14-/m1/s1/i1D2,2D2,3D2,4D2. The van der Waals surface area contributed by atoms with Gasteiger partial charge in [0.05, 0.1) is 17.9 Å². The van der Waals surface area contributed by atoms with Crippen LogP contribution in [0.25, 0.3) is 22.3 Å². The fourth-order valence-corrected chi connectivity index (χ4v) is 2.77. The molecule has 0 radical (unpaired) electrons. The van der Waals surface area contributed by atoms with Crippen LogP contribution in [0.4, 0.5) is 0 Å².